The van der Waals surface area contributed by atoms with Gasteiger partial charge < -0.3 is 15.0 Å². The number of H-pyrrole nitrogens is 1. The molecule has 1 aliphatic rings. The molecule has 5 nitrogen and oxygen atoms in total. The van der Waals surface area contributed by atoms with Crippen LogP contribution < -0.4 is 10.1 Å². The zero-order chi connectivity index (χ0) is 17.2. The third kappa shape index (κ3) is 3.09. The third-order valence-electron chi connectivity index (χ3n) is 4.91. The average Bonchev–Trinajstić information content (AvgIpc) is 3.32. The first kappa shape index (κ1) is 15.7. The van der Waals surface area contributed by atoms with Gasteiger partial charge in [0.2, 0.25) is 5.91 Å². The molecule has 0 saturated heterocycles. The van der Waals surface area contributed by atoms with Crippen molar-refractivity contribution in [2.24, 2.45) is 5.92 Å². The molecule has 1 aromatic carbocycles. The number of carbonyl (C=O) groups is 1. The van der Waals surface area contributed by atoms with Gasteiger partial charge in [0, 0.05) is 46.6 Å². The number of pyridine rings is 1. The number of ether oxygens (including phenoxy) is 1. The van der Waals surface area contributed by atoms with E-state index >= 15 is 0 Å². The zero-order valence-electron chi connectivity index (χ0n) is 14.2. The molecule has 3 aromatic rings. The molecule has 2 aromatic heterocycles. The second-order valence-corrected chi connectivity index (χ2v) is 6.53. The molecule has 128 valence electrons. The van der Waals surface area contributed by atoms with Gasteiger partial charge in [0.25, 0.3) is 0 Å². The number of aromatic nitrogens is 2. The smallest absolute Gasteiger partial charge is 0.227 e. The van der Waals surface area contributed by atoms with Gasteiger partial charge in [-0.25, -0.2) is 4.98 Å². The number of nitrogens with one attached hydrogen (secondary N) is 2. The minimum atomic E-state index is 0.114. The second-order valence-electron chi connectivity index (χ2n) is 6.53. The number of fused-ring (bicyclic) bond motifs is 1. The minimum absolute atomic E-state index is 0.114. The molecular formula is C20H21N3O2. The van der Waals surface area contributed by atoms with E-state index in [4.69, 9.17) is 4.74 Å². The van der Waals surface area contributed by atoms with Crippen LogP contribution in [0.1, 0.15) is 25.7 Å². The molecule has 0 radical (unpaired) electrons. The number of rotatable bonds is 4. The van der Waals surface area contributed by atoms with Crippen molar-refractivity contribution in [3.63, 3.8) is 0 Å². The van der Waals surface area contributed by atoms with Gasteiger partial charge in [0.05, 0.1) is 7.11 Å². The lowest BCUT2D eigenvalue weighted by molar-refractivity contribution is -0.119. The number of carbonyl (C=O) groups excluding carboxylic acids is 1. The Labute approximate surface area is 146 Å². The first-order valence-electron chi connectivity index (χ1n) is 8.67. The van der Waals surface area contributed by atoms with E-state index in [1.165, 1.54) is 0 Å². The Kier molecular flexibility index (Phi) is 4.14. The molecule has 0 spiro atoms. The summed E-state index contributed by atoms with van der Waals surface area (Å²) in [5, 5.41) is 4.08. The second kappa shape index (κ2) is 6.59. The quantitative estimate of drug-likeness (QED) is 0.744. The Hall–Kier alpha value is -2.82. The van der Waals surface area contributed by atoms with Gasteiger partial charge in [-0.3, -0.25) is 4.79 Å². The normalized spacial score (nSPS) is 14.8. The fraction of sp³-hybridized carbons (Fsp3) is 0.300. The number of amides is 1. The molecule has 5 heteroatoms. The lowest BCUT2D eigenvalue weighted by Gasteiger charge is -2.14. The van der Waals surface area contributed by atoms with Gasteiger partial charge in [-0.05, 0) is 37.1 Å². The first-order valence-corrected chi connectivity index (χ1v) is 8.67. The van der Waals surface area contributed by atoms with E-state index in [0.717, 1.165) is 59.3 Å². The molecule has 25 heavy (non-hydrogen) atoms. The van der Waals surface area contributed by atoms with E-state index < -0.39 is 0 Å². The van der Waals surface area contributed by atoms with Crippen molar-refractivity contribution in [3.8, 4) is 16.9 Å². The highest BCUT2D eigenvalue weighted by Gasteiger charge is 2.22. The summed E-state index contributed by atoms with van der Waals surface area (Å²) >= 11 is 0. The highest BCUT2D eigenvalue weighted by Crippen LogP contribution is 2.34. The summed E-state index contributed by atoms with van der Waals surface area (Å²) in [5.74, 6) is 0.981. The van der Waals surface area contributed by atoms with E-state index in [0.29, 0.717) is 0 Å². The number of aromatic amines is 1. The molecule has 4 rings (SSSR count). The van der Waals surface area contributed by atoms with Crippen molar-refractivity contribution in [2.45, 2.75) is 25.7 Å². The van der Waals surface area contributed by atoms with Crippen molar-refractivity contribution in [3.05, 3.63) is 42.7 Å². The van der Waals surface area contributed by atoms with Crippen molar-refractivity contribution in [2.75, 3.05) is 12.4 Å². The summed E-state index contributed by atoms with van der Waals surface area (Å²) < 4.78 is 5.55. The van der Waals surface area contributed by atoms with E-state index in [1.807, 2.05) is 36.7 Å². The molecule has 0 bridgehead atoms. The average molecular weight is 335 g/mol. The van der Waals surface area contributed by atoms with Crippen LogP contribution in [0.25, 0.3) is 22.2 Å². The highest BCUT2D eigenvalue weighted by molar-refractivity contribution is 5.93. The maximum atomic E-state index is 12.3. The minimum Gasteiger partial charge on any atom is -0.496 e. The monoisotopic (exact) mass is 335 g/mol. The van der Waals surface area contributed by atoms with Gasteiger partial charge in [0.15, 0.2) is 0 Å². The summed E-state index contributed by atoms with van der Waals surface area (Å²) in [4.78, 5) is 19.9. The fourth-order valence-corrected chi connectivity index (χ4v) is 3.53. The molecular weight excluding hydrogens is 314 g/mol. The number of hydrogen-bond acceptors (Lipinski definition) is 3. The fourth-order valence-electron chi connectivity index (χ4n) is 3.53. The van der Waals surface area contributed by atoms with Crippen LogP contribution in [0, 0.1) is 5.92 Å². The highest BCUT2D eigenvalue weighted by atomic mass is 16.5. The molecule has 1 amide bonds. The summed E-state index contributed by atoms with van der Waals surface area (Å²) in [5.41, 5.74) is 3.57. The van der Waals surface area contributed by atoms with Gasteiger partial charge in [-0.15, -0.1) is 0 Å². The SMILES string of the molecule is COc1cc(NC(=O)C2CCCC2)ccc1-c1cnc2[nH]ccc2c1. The van der Waals surface area contributed by atoms with Gasteiger partial charge in [-0.2, -0.15) is 0 Å². The van der Waals surface area contributed by atoms with Gasteiger partial charge in [-0.1, -0.05) is 12.8 Å². The molecule has 0 aliphatic heterocycles. The molecule has 1 fully saturated rings. The summed E-state index contributed by atoms with van der Waals surface area (Å²) in [7, 11) is 1.64. The summed E-state index contributed by atoms with van der Waals surface area (Å²) in [6, 6.07) is 9.84. The molecule has 2 heterocycles. The molecule has 1 saturated carbocycles. The molecule has 0 unspecified atom stereocenters. The van der Waals surface area contributed by atoms with E-state index in [2.05, 4.69) is 21.4 Å². The summed E-state index contributed by atoms with van der Waals surface area (Å²) in [6.07, 6.45) is 7.98. The maximum Gasteiger partial charge on any atom is 0.227 e. The lowest BCUT2D eigenvalue weighted by Crippen LogP contribution is -2.20. The van der Waals surface area contributed by atoms with Crippen LogP contribution in [0.3, 0.4) is 0 Å². The van der Waals surface area contributed by atoms with Crippen LogP contribution in [0.15, 0.2) is 42.7 Å². The Balaban J connectivity index is 1.61. The zero-order valence-corrected chi connectivity index (χ0v) is 14.2. The van der Waals surface area contributed by atoms with Crippen LogP contribution in [-0.2, 0) is 4.79 Å². The van der Waals surface area contributed by atoms with E-state index in [-0.39, 0.29) is 11.8 Å². The number of anilines is 1. The standard InChI is InChI=1S/C20H21N3O2/c1-25-18-11-16(23-20(24)13-4-2-3-5-13)6-7-17(18)15-10-14-8-9-21-19(14)22-12-15/h6-13H,2-5H2,1H3,(H,21,22)(H,23,24). The largest absolute Gasteiger partial charge is 0.496 e. The third-order valence-corrected chi connectivity index (χ3v) is 4.91. The first-order chi connectivity index (χ1) is 12.2. The Morgan fingerprint density at radius 2 is 2.08 bits per heavy atom. The predicted molar refractivity (Wildman–Crippen MR) is 98.7 cm³/mol. The Morgan fingerprint density at radius 3 is 2.88 bits per heavy atom. The summed E-state index contributed by atoms with van der Waals surface area (Å²) in [6.45, 7) is 0. The number of hydrogen-bond donors (Lipinski definition) is 2. The van der Waals surface area contributed by atoms with Crippen LogP contribution in [0.2, 0.25) is 0 Å². The Bertz CT molecular complexity index is 910. The van der Waals surface area contributed by atoms with E-state index in [9.17, 15) is 4.79 Å². The molecule has 0 atom stereocenters. The van der Waals surface area contributed by atoms with Crippen LogP contribution in [0.4, 0.5) is 5.69 Å². The lowest BCUT2D eigenvalue weighted by atomic mass is 10.0. The van der Waals surface area contributed by atoms with Gasteiger partial charge in [0.1, 0.15) is 11.4 Å². The van der Waals surface area contributed by atoms with Gasteiger partial charge >= 0.3 is 0 Å². The maximum absolute atomic E-state index is 12.3. The Morgan fingerprint density at radius 1 is 1.24 bits per heavy atom. The van der Waals surface area contributed by atoms with Crippen LogP contribution in [0.5, 0.6) is 5.75 Å². The van der Waals surface area contributed by atoms with Crippen molar-refractivity contribution in [1.29, 1.82) is 0 Å². The predicted octanol–water partition coefficient (Wildman–Crippen LogP) is 4.37. The van der Waals surface area contributed by atoms with Crippen molar-refractivity contribution >= 4 is 22.6 Å². The van der Waals surface area contributed by atoms with E-state index in [1.54, 1.807) is 7.11 Å². The molecule has 2 N–H and O–H groups in total. The number of nitrogens with zero attached hydrogens (tertiary/aromatic N) is 1. The van der Waals surface area contributed by atoms with Crippen molar-refractivity contribution in [1.82, 2.24) is 9.97 Å². The van der Waals surface area contributed by atoms with Crippen molar-refractivity contribution < 1.29 is 9.53 Å². The van der Waals surface area contributed by atoms with Crippen LogP contribution >= 0.6 is 0 Å². The number of benzene rings is 1. The number of methoxy groups -OCH3 is 1. The topological polar surface area (TPSA) is 67.0 Å². The molecule has 1 aliphatic carbocycles. The van der Waals surface area contributed by atoms with Crippen LogP contribution in [-0.4, -0.2) is 23.0 Å².